The second kappa shape index (κ2) is 8.96. The molecule has 1 aromatic heterocycles. The lowest BCUT2D eigenvalue weighted by atomic mass is 10.0. The standard InChI is InChI=1S/C24H15Cl2N3O/c25-19-10-6-11-20(26)23(19)24-18(15-27)22(30-29-24)13-14-28-21-12-5-4-9-17(21)16-7-2-1-3-8-16/h1-12,14H,13H2. The summed E-state index contributed by atoms with van der Waals surface area (Å²) in [6.45, 7) is 0. The van der Waals surface area contributed by atoms with E-state index in [1.54, 1.807) is 24.4 Å². The van der Waals surface area contributed by atoms with Crippen molar-refractivity contribution in [3.8, 4) is 28.5 Å². The van der Waals surface area contributed by atoms with E-state index in [4.69, 9.17) is 27.7 Å². The number of aromatic nitrogens is 1. The van der Waals surface area contributed by atoms with Gasteiger partial charge in [0.15, 0.2) is 5.76 Å². The fraction of sp³-hybridized carbons (Fsp3) is 0.0417. The van der Waals surface area contributed by atoms with Crippen molar-refractivity contribution in [2.45, 2.75) is 6.42 Å². The molecule has 0 radical (unpaired) electrons. The first kappa shape index (κ1) is 19.9. The van der Waals surface area contributed by atoms with Gasteiger partial charge in [-0.3, -0.25) is 4.99 Å². The topological polar surface area (TPSA) is 62.2 Å². The van der Waals surface area contributed by atoms with Gasteiger partial charge in [-0.15, -0.1) is 0 Å². The van der Waals surface area contributed by atoms with Crippen LogP contribution in [-0.2, 0) is 6.42 Å². The van der Waals surface area contributed by atoms with Crippen LogP contribution in [0.3, 0.4) is 0 Å². The highest BCUT2D eigenvalue weighted by Crippen LogP contribution is 2.36. The molecule has 0 saturated heterocycles. The number of nitrogens with zero attached hydrogens (tertiary/aromatic N) is 3. The van der Waals surface area contributed by atoms with Gasteiger partial charge in [0.05, 0.1) is 15.7 Å². The van der Waals surface area contributed by atoms with Gasteiger partial charge in [-0.25, -0.2) is 0 Å². The molecule has 4 aromatic rings. The minimum atomic E-state index is 0.299. The Hall–Kier alpha value is -3.39. The van der Waals surface area contributed by atoms with Crippen LogP contribution in [0.2, 0.25) is 10.0 Å². The summed E-state index contributed by atoms with van der Waals surface area (Å²) in [6, 6.07) is 25.2. The molecule has 146 valence electrons. The van der Waals surface area contributed by atoms with Crippen molar-refractivity contribution in [1.29, 1.82) is 5.26 Å². The van der Waals surface area contributed by atoms with Crippen LogP contribution in [0.1, 0.15) is 11.3 Å². The van der Waals surface area contributed by atoms with Crippen LogP contribution in [0.25, 0.3) is 22.4 Å². The molecule has 0 bridgehead atoms. The molecular weight excluding hydrogens is 417 g/mol. The highest BCUT2D eigenvalue weighted by Gasteiger charge is 2.21. The minimum absolute atomic E-state index is 0.299. The third kappa shape index (κ3) is 3.99. The zero-order valence-corrected chi connectivity index (χ0v) is 17.2. The maximum absolute atomic E-state index is 9.66. The van der Waals surface area contributed by atoms with Gasteiger partial charge in [0.1, 0.15) is 17.3 Å². The Labute approximate surface area is 184 Å². The monoisotopic (exact) mass is 431 g/mol. The normalized spacial score (nSPS) is 11.0. The van der Waals surface area contributed by atoms with Gasteiger partial charge in [0.2, 0.25) is 0 Å². The number of hydrogen-bond donors (Lipinski definition) is 0. The van der Waals surface area contributed by atoms with Gasteiger partial charge in [-0.05, 0) is 23.8 Å². The van der Waals surface area contributed by atoms with Gasteiger partial charge in [0, 0.05) is 23.8 Å². The van der Waals surface area contributed by atoms with E-state index in [9.17, 15) is 5.26 Å². The maximum Gasteiger partial charge on any atom is 0.160 e. The Kier molecular flexibility index (Phi) is 5.94. The number of halogens is 2. The molecule has 6 heteroatoms. The molecule has 0 amide bonds. The highest BCUT2D eigenvalue weighted by atomic mass is 35.5. The summed E-state index contributed by atoms with van der Waals surface area (Å²) >= 11 is 12.5. The molecule has 0 N–H and O–H groups in total. The van der Waals surface area contributed by atoms with E-state index in [2.05, 4.69) is 16.2 Å². The van der Waals surface area contributed by atoms with E-state index in [1.807, 2.05) is 54.6 Å². The first-order chi connectivity index (χ1) is 14.7. The second-order valence-electron chi connectivity index (χ2n) is 6.44. The van der Waals surface area contributed by atoms with Crippen LogP contribution in [0.15, 0.2) is 82.3 Å². The summed E-state index contributed by atoms with van der Waals surface area (Å²) in [7, 11) is 0. The Morgan fingerprint density at radius 2 is 1.63 bits per heavy atom. The van der Waals surface area contributed by atoms with Crippen molar-refractivity contribution in [2.75, 3.05) is 0 Å². The zero-order chi connectivity index (χ0) is 20.9. The number of hydrogen-bond acceptors (Lipinski definition) is 4. The summed E-state index contributed by atoms with van der Waals surface area (Å²) in [5.74, 6) is 0.407. The highest BCUT2D eigenvalue weighted by molar-refractivity contribution is 6.39. The summed E-state index contributed by atoms with van der Waals surface area (Å²) in [4.78, 5) is 4.60. The van der Waals surface area contributed by atoms with Crippen LogP contribution in [-0.4, -0.2) is 11.4 Å². The first-order valence-corrected chi connectivity index (χ1v) is 9.94. The van der Waals surface area contributed by atoms with E-state index < -0.39 is 0 Å². The molecule has 30 heavy (non-hydrogen) atoms. The van der Waals surface area contributed by atoms with Crippen LogP contribution >= 0.6 is 23.2 Å². The lowest BCUT2D eigenvalue weighted by Gasteiger charge is -2.05. The lowest BCUT2D eigenvalue weighted by Crippen LogP contribution is -1.90. The minimum Gasteiger partial charge on any atom is -0.359 e. The summed E-state index contributed by atoms with van der Waals surface area (Å²) in [6.07, 6.45) is 2.02. The molecule has 4 rings (SSSR count). The van der Waals surface area contributed by atoms with E-state index in [-0.39, 0.29) is 0 Å². The van der Waals surface area contributed by atoms with Gasteiger partial charge >= 0.3 is 0 Å². The first-order valence-electron chi connectivity index (χ1n) is 9.19. The van der Waals surface area contributed by atoms with Crippen LogP contribution in [0, 0.1) is 11.3 Å². The Balaban J connectivity index is 1.63. The maximum atomic E-state index is 9.66. The molecule has 1 heterocycles. The van der Waals surface area contributed by atoms with Gasteiger partial charge < -0.3 is 4.52 Å². The largest absolute Gasteiger partial charge is 0.359 e. The average molecular weight is 432 g/mol. The molecule has 0 aliphatic carbocycles. The number of aliphatic imine (C=N–C) groups is 1. The Bertz CT molecular complexity index is 1240. The van der Waals surface area contributed by atoms with Crippen molar-refractivity contribution in [2.24, 2.45) is 4.99 Å². The molecule has 0 aliphatic rings. The van der Waals surface area contributed by atoms with E-state index in [1.165, 1.54) is 0 Å². The summed E-state index contributed by atoms with van der Waals surface area (Å²) < 4.78 is 5.42. The van der Waals surface area contributed by atoms with E-state index in [0.717, 1.165) is 16.8 Å². The third-order valence-corrected chi connectivity index (χ3v) is 5.20. The number of para-hydroxylation sites is 1. The molecule has 0 spiro atoms. The molecule has 3 aromatic carbocycles. The van der Waals surface area contributed by atoms with E-state index in [0.29, 0.717) is 39.0 Å². The summed E-state index contributed by atoms with van der Waals surface area (Å²) in [5.41, 5.74) is 4.05. The van der Waals surface area contributed by atoms with Crippen molar-refractivity contribution in [3.05, 3.63) is 94.2 Å². The molecule has 4 nitrogen and oxygen atoms in total. The average Bonchev–Trinajstić information content (AvgIpc) is 3.17. The molecule has 0 saturated carbocycles. The van der Waals surface area contributed by atoms with Crippen molar-refractivity contribution in [1.82, 2.24) is 5.16 Å². The zero-order valence-electron chi connectivity index (χ0n) is 15.7. The van der Waals surface area contributed by atoms with Gasteiger partial charge in [-0.2, -0.15) is 5.26 Å². The van der Waals surface area contributed by atoms with Crippen LogP contribution in [0.5, 0.6) is 0 Å². The smallest absolute Gasteiger partial charge is 0.160 e. The predicted octanol–water partition coefficient (Wildman–Crippen LogP) is 7.13. The fourth-order valence-electron chi connectivity index (χ4n) is 3.15. The molecular formula is C24H15Cl2N3O. The van der Waals surface area contributed by atoms with Gasteiger partial charge in [0.25, 0.3) is 0 Å². The van der Waals surface area contributed by atoms with Gasteiger partial charge in [-0.1, -0.05) is 83.0 Å². The Morgan fingerprint density at radius 1 is 0.933 bits per heavy atom. The van der Waals surface area contributed by atoms with Crippen molar-refractivity contribution >= 4 is 35.1 Å². The SMILES string of the molecule is N#Cc1c(-c2c(Cl)cccc2Cl)noc1CC=Nc1ccccc1-c1ccccc1. The molecule has 0 atom stereocenters. The second-order valence-corrected chi connectivity index (χ2v) is 7.25. The van der Waals surface area contributed by atoms with Crippen molar-refractivity contribution < 1.29 is 4.52 Å². The number of rotatable bonds is 5. The fourth-order valence-corrected chi connectivity index (χ4v) is 3.72. The Morgan fingerprint density at radius 3 is 2.37 bits per heavy atom. The van der Waals surface area contributed by atoms with E-state index >= 15 is 0 Å². The molecule has 0 fully saturated rings. The predicted molar refractivity (Wildman–Crippen MR) is 120 cm³/mol. The van der Waals surface area contributed by atoms with Crippen LogP contribution < -0.4 is 0 Å². The number of benzene rings is 3. The van der Waals surface area contributed by atoms with Crippen molar-refractivity contribution in [3.63, 3.8) is 0 Å². The van der Waals surface area contributed by atoms with Crippen LogP contribution in [0.4, 0.5) is 5.69 Å². The lowest BCUT2D eigenvalue weighted by molar-refractivity contribution is 0.395. The third-order valence-electron chi connectivity index (χ3n) is 4.57. The molecule has 0 unspecified atom stereocenters. The number of nitriles is 1. The molecule has 0 aliphatic heterocycles. The summed E-state index contributed by atoms with van der Waals surface area (Å²) in [5, 5.41) is 14.5. The quantitative estimate of drug-likeness (QED) is 0.315.